The van der Waals surface area contributed by atoms with Gasteiger partial charge in [-0.1, -0.05) is 44.2 Å². The molecule has 2 aliphatic heterocycles. The lowest BCUT2D eigenvalue weighted by Crippen LogP contribution is -2.45. The standard InChI is InChI=1S/C30H45N3/c1-6-9-13-24(4)28-14-10-11-15-30(28)33(25(5)12-7-2)27-18-22-32(23-19-27)29(8-3)26-16-20-31-21-17-26/h1,8,10-12,14-15,24,26-27,31H,7,9,13,16-23H2,2-5H3/b25-12-,29-8-. The number of allylic oxidation sites excluding steroid dienone is 4. The Balaban J connectivity index is 1.80. The zero-order valence-corrected chi connectivity index (χ0v) is 21.4. The van der Waals surface area contributed by atoms with Crippen LogP contribution in [0.5, 0.6) is 0 Å². The van der Waals surface area contributed by atoms with Crippen molar-refractivity contribution in [3.63, 3.8) is 0 Å². The van der Waals surface area contributed by atoms with Crippen LogP contribution in [0.25, 0.3) is 0 Å². The van der Waals surface area contributed by atoms with Gasteiger partial charge in [-0.2, -0.15) is 0 Å². The molecule has 0 bridgehead atoms. The van der Waals surface area contributed by atoms with Gasteiger partial charge in [-0.05, 0) is 83.0 Å². The third-order valence-electron chi connectivity index (χ3n) is 7.58. The highest BCUT2D eigenvalue weighted by Crippen LogP contribution is 2.37. The van der Waals surface area contributed by atoms with Gasteiger partial charge in [0.2, 0.25) is 0 Å². The van der Waals surface area contributed by atoms with E-state index in [2.05, 4.69) is 85.1 Å². The average Bonchev–Trinajstić information content (AvgIpc) is 2.85. The Kier molecular flexibility index (Phi) is 9.95. The Hall–Kier alpha value is -2.18. The highest BCUT2D eigenvalue weighted by atomic mass is 15.2. The number of hydrogen-bond donors (Lipinski definition) is 1. The summed E-state index contributed by atoms with van der Waals surface area (Å²) < 4.78 is 0. The summed E-state index contributed by atoms with van der Waals surface area (Å²) in [6.45, 7) is 13.7. The van der Waals surface area contributed by atoms with Crippen LogP contribution in [0.2, 0.25) is 0 Å². The minimum absolute atomic E-state index is 0.462. The lowest BCUT2D eigenvalue weighted by atomic mass is 9.90. The van der Waals surface area contributed by atoms with Crippen LogP contribution in [0.3, 0.4) is 0 Å². The second kappa shape index (κ2) is 12.9. The van der Waals surface area contributed by atoms with Crippen molar-refractivity contribution >= 4 is 5.69 Å². The lowest BCUT2D eigenvalue weighted by Gasteiger charge is -2.44. The molecule has 33 heavy (non-hydrogen) atoms. The predicted octanol–water partition coefficient (Wildman–Crippen LogP) is 6.69. The Bertz CT molecular complexity index is 832. The summed E-state index contributed by atoms with van der Waals surface area (Å²) in [6.07, 6.45) is 18.2. The van der Waals surface area contributed by atoms with Gasteiger partial charge in [-0.15, -0.1) is 12.3 Å². The van der Waals surface area contributed by atoms with Crippen LogP contribution in [0.4, 0.5) is 5.69 Å². The quantitative estimate of drug-likeness (QED) is 0.425. The van der Waals surface area contributed by atoms with Gasteiger partial charge in [-0.25, -0.2) is 0 Å². The maximum absolute atomic E-state index is 5.58. The summed E-state index contributed by atoms with van der Waals surface area (Å²) in [7, 11) is 0. The van der Waals surface area contributed by atoms with Crippen LogP contribution < -0.4 is 10.2 Å². The van der Waals surface area contributed by atoms with Gasteiger partial charge in [0.25, 0.3) is 0 Å². The summed E-state index contributed by atoms with van der Waals surface area (Å²) in [4.78, 5) is 5.34. The molecule has 2 saturated heterocycles. The van der Waals surface area contributed by atoms with Crippen molar-refractivity contribution in [1.82, 2.24) is 10.2 Å². The van der Waals surface area contributed by atoms with Gasteiger partial charge in [0.05, 0.1) is 0 Å². The molecule has 3 rings (SSSR count). The molecule has 0 aliphatic carbocycles. The van der Waals surface area contributed by atoms with E-state index in [1.807, 2.05) is 0 Å². The number of terminal acetylenes is 1. The molecular formula is C30H45N3. The lowest BCUT2D eigenvalue weighted by molar-refractivity contribution is 0.221. The Morgan fingerprint density at radius 2 is 1.91 bits per heavy atom. The molecule has 0 aromatic heterocycles. The van der Waals surface area contributed by atoms with E-state index in [1.165, 1.54) is 42.6 Å². The summed E-state index contributed by atoms with van der Waals surface area (Å²) in [5.74, 6) is 4.02. The number of nitrogens with zero attached hydrogens (tertiary/aromatic N) is 2. The monoisotopic (exact) mass is 447 g/mol. The Morgan fingerprint density at radius 1 is 1.21 bits per heavy atom. The van der Waals surface area contributed by atoms with E-state index in [0.29, 0.717) is 12.0 Å². The van der Waals surface area contributed by atoms with E-state index in [9.17, 15) is 0 Å². The number of para-hydroxylation sites is 1. The van der Waals surface area contributed by atoms with Crippen LogP contribution in [-0.4, -0.2) is 37.1 Å². The number of anilines is 1. The van der Waals surface area contributed by atoms with Crippen molar-refractivity contribution in [2.45, 2.75) is 84.6 Å². The third-order valence-corrected chi connectivity index (χ3v) is 7.58. The molecule has 2 aliphatic rings. The Labute approximate surface area is 203 Å². The number of rotatable bonds is 9. The van der Waals surface area contributed by atoms with E-state index in [-0.39, 0.29) is 0 Å². The summed E-state index contributed by atoms with van der Waals surface area (Å²) in [6, 6.07) is 9.56. The molecule has 1 unspecified atom stereocenters. The largest absolute Gasteiger partial charge is 0.375 e. The predicted molar refractivity (Wildman–Crippen MR) is 143 cm³/mol. The summed E-state index contributed by atoms with van der Waals surface area (Å²) in [5.41, 5.74) is 5.79. The van der Waals surface area contributed by atoms with Crippen molar-refractivity contribution in [1.29, 1.82) is 0 Å². The van der Waals surface area contributed by atoms with Gasteiger partial charge in [0.15, 0.2) is 0 Å². The highest BCUT2D eigenvalue weighted by molar-refractivity contribution is 5.60. The van der Waals surface area contributed by atoms with Gasteiger partial charge in [0.1, 0.15) is 0 Å². The summed E-state index contributed by atoms with van der Waals surface area (Å²) >= 11 is 0. The fraction of sp³-hybridized carbons (Fsp3) is 0.600. The first kappa shape index (κ1) is 25.4. The van der Waals surface area contributed by atoms with Crippen LogP contribution in [0.1, 0.15) is 84.1 Å². The van der Waals surface area contributed by atoms with E-state index >= 15 is 0 Å². The van der Waals surface area contributed by atoms with Crippen molar-refractivity contribution < 1.29 is 0 Å². The molecule has 1 N–H and O–H groups in total. The van der Waals surface area contributed by atoms with E-state index < -0.39 is 0 Å². The highest BCUT2D eigenvalue weighted by Gasteiger charge is 2.30. The van der Waals surface area contributed by atoms with Gasteiger partial charge < -0.3 is 15.1 Å². The molecule has 0 radical (unpaired) electrons. The minimum Gasteiger partial charge on any atom is -0.375 e. The smallest absolute Gasteiger partial charge is 0.0445 e. The van der Waals surface area contributed by atoms with Gasteiger partial charge >= 0.3 is 0 Å². The minimum atomic E-state index is 0.462. The second-order valence-corrected chi connectivity index (χ2v) is 9.78. The van der Waals surface area contributed by atoms with Crippen LogP contribution in [-0.2, 0) is 0 Å². The molecule has 2 heterocycles. The van der Waals surface area contributed by atoms with Crippen LogP contribution >= 0.6 is 0 Å². The van der Waals surface area contributed by atoms with E-state index in [0.717, 1.165) is 51.4 Å². The van der Waals surface area contributed by atoms with Crippen LogP contribution in [0.15, 0.2) is 47.8 Å². The van der Waals surface area contributed by atoms with Gasteiger partial charge in [0, 0.05) is 48.6 Å². The molecule has 2 fully saturated rings. The fourth-order valence-electron chi connectivity index (χ4n) is 5.82. The molecule has 3 nitrogen and oxygen atoms in total. The van der Waals surface area contributed by atoms with E-state index in [1.54, 1.807) is 5.70 Å². The molecule has 1 aromatic carbocycles. The van der Waals surface area contributed by atoms with Crippen LogP contribution in [0, 0.1) is 18.3 Å². The number of piperidine rings is 2. The first-order chi connectivity index (χ1) is 16.1. The molecule has 1 atom stereocenters. The third kappa shape index (κ3) is 6.45. The normalized spacial score (nSPS) is 19.9. The molecule has 180 valence electrons. The maximum atomic E-state index is 5.58. The number of likely N-dealkylation sites (tertiary alicyclic amines) is 1. The van der Waals surface area contributed by atoms with Crippen molar-refractivity contribution in [3.05, 3.63) is 53.4 Å². The second-order valence-electron chi connectivity index (χ2n) is 9.78. The number of nitrogens with one attached hydrogen (secondary N) is 1. The fourth-order valence-corrected chi connectivity index (χ4v) is 5.82. The van der Waals surface area contributed by atoms with Crippen molar-refractivity contribution in [3.8, 4) is 12.3 Å². The molecule has 0 amide bonds. The SMILES string of the molecule is C#CCCC(C)c1ccccc1N(/C(C)=C\CC)C1CCN(/C(=C\C)C2CCNCC2)CC1. The summed E-state index contributed by atoms with van der Waals surface area (Å²) in [5, 5.41) is 3.52. The number of benzene rings is 1. The first-order valence-electron chi connectivity index (χ1n) is 13.2. The van der Waals surface area contributed by atoms with E-state index in [4.69, 9.17) is 6.42 Å². The Morgan fingerprint density at radius 3 is 2.55 bits per heavy atom. The molecular weight excluding hydrogens is 402 g/mol. The number of hydrogen-bond acceptors (Lipinski definition) is 3. The molecule has 0 spiro atoms. The molecule has 0 saturated carbocycles. The zero-order chi connectivity index (χ0) is 23.6. The van der Waals surface area contributed by atoms with Crippen molar-refractivity contribution in [2.75, 3.05) is 31.1 Å². The molecule has 1 aromatic rings. The zero-order valence-electron chi connectivity index (χ0n) is 21.4. The van der Waals surface area contributed by atoms with Crippen molar-refractivity contribution in [2.24, 2.45) is 5.92 Å². The van der Waals surface area contributed by atoms with Gasteiger partial charge in [-0.3, -0.25) is 0 Å². The molecule has 3 heteroatoms. The maximum Gasteiger partial charge on any atom is 0.0445 e. The topological polar surface area (TPSA) is 18.5 Å². The average molecular weight is 448 g/mol. The first-order valence-corrected chi connectivity index (χ1v) is 13.2.